The molecule has 0 spiro atoms. The van der Waals surface area contributed by atoms with Gasteiger partial charge in [0.1, 0.15) is 0 Å². The second kappa shape index (κ2) is 6.37. The Bertz CT molecular complexity index is 722. The van der Waals surface area contributed by atoms with Crippen LogP contribution in [0.15, 0.2) is 23.0 Å². The van der Waals surface area contributed by atoms with Gasteiger partial charge in [0, 0.05) is 16.6 Å². The first kappa shape index (κ1) is 14.3. The monoisotopic (exact) mass is 289 g/mol. The van der Waals surface area contributed by atoms with Crippen molar-refractivity contribution in [3.8, 4) is 17.9 Å². The standard InChI is InChI=1S/C14H15N3O2S/c1-10-8-13(18)17(14(16-10)19-2)9-12-6-5-11(20-12)4-3-7-15/h5-6,8H,7,9,15H2,1-2H3. The topological polar surface area (TPSA) is 70.1 Å². The molecule has 0 radical (unpaired) electrons. The van der Waals surface area contributed by atoms with E-state index in [1.54, 1.807) is 6.92 Å². The summed E-state index contributed by atoms with van der Waals surface area (Å²) in [4.78, 5) is 18.2. The molecule has 0 atom stereocenters. The fourth-order valence-electron chi connectivity index (χ4n) is 1.72. The maximum atomic E-state index is 12.0. The van der Waals surface area contributed by atoms with Crippen LogP contribution in [0.3, 0.4) is 0 Å². The van der Waals surface area contributed by atoms with Gasteiger partial charge in [0.25, 0.3) is 11.6 Å². The van der Waals surface area contributed by atoms with Crippen LogP contribution in [-0.2, 0) is 6.54 Å². The molecule has 2 heterocycles. The van der Waals surface area contributed by atoms with Crippen molar-refractivity contribution in [1.82, 2.24) is 9.55 Å². The Morgan fingerprint density at radius 2 is 2.30 bits per heavy atom. The van der Waals surface area contributed by atoms with Crippen molar-refractivity contribution in [3.05, 3.63) is 44.0 Å². The Hall–Kier alpha value is -2.10. The van der Waals surface area contributed by atoms with Crippen LogP contribution in [0.5, 0.6) is 6.01 Å². The van der Waals surface area contributed by atoms with E-state index in [4.69, 9.17) is 10.5 Å². The second-order valence-corrected chi connectivity index (χ2v) is 5.25. The zero-order valence-electron chi connectivity index (χ0n) is 11.3. The normalized spacial score (nSPS) is 9.95. The summed E-state index contributed by atoms with van der Waals surface area (Å²) < 4.78 is 6.66. The summed E-state index contributed by atoms with van der Waals surface area (Å²) in [5, 5.41) is 0. The molecule has 2 N–H and O–H groups in total. The molecule has 0 aliphatic heterocycles. The molecule has 2 aromatic rings. The minimum Gasteiger partial charge on any atom is -0.468 e. The van der Waals surface area contributed by atoms with E-state index in [0.29, 0.717) is 24.8 Å². The molecule has 0 bridgehead atoms. The molecule has 0 fully saturated rings. The van der Waals surface area contributed by atoms with Crippen LogP contribution >= 0.6 is 11.3 Å². The van der Waals surface area contributed by atoms with Crippen molar-refractivity contribution >= 4 is 11.3 Å². The van der Waals surface area contributed by atoms with Gasteiger partial charge in [-0.1, -0.05) is 11.8 Å². The molecule has 2 rings (SSSR count). The molecule has 5 nitrogen and oxygen atoms in total. The number of ether oxygens (including phenoxy) is 1. The molecule has 0 unspecified atom stereocenters. The highest BCUT2D eigenvalue weighted by molar-refractivity contribution is 7.12. The molecule has 0 aliphatic rings. The highest BCUT2D eigenvalue weighted by Crippen LogP contribution is 2.18. The lowest BCUT2D eigenvalue weighted by Gasteiger charge is -2.09. The summed E-state index contributed by atoms with van der Waals surface area (Å²) in [6, 6.07) is 5.67. The van der Waals surface area contributed by atoms with Gasteiger partial charge < -0.3 is 10.5 Å². The summed E-state index contributed by atoms with van der Waals surface area (Å²) in [6.07, 6.45) is 0. The van der Waals surface area contributed by atoms with E-state index in [2.05, 4.69) is 16.8 Å². The predicted octanol–water partition coefficient (Wildman–Crippen LogP) is 0.980. The average Bonchev–Trinajstić information content (AvgIpc) is 2.86. The van der Waals surface area contributed by atoms with Crippen LogP contribution in [0.4, 0.5) is 0 Å². The van der Waals surface area contributed by atoms with Crippen LogP contribution in [0.2, 0.25) is 0 Å². The number of aryl methyl sites for hydroxylation is 1. The van der Waals surface area contributed by atoms with Crippen LogP contribution in [0, 0.1) is 18.8 Å². The van der Waals surface area contributed by atoms with E-state index in [9.17, 15) is 4.79 Å². The Morgan fingerprint density at radius 1 is 1.50 bits per heavy atom. The van der Waals surface area contributed by atoms with Gasteiger partial charge in [0.05, 0.1) is 25.1 Å². The van der Waals surface area contributed by atoms with Crippen molar-refractivity contribution < 1.29 is 4.74 Å². The van der Waals surface area contributed by atoms with E-state index >= 15 is 0 Å². The molecule has 0 aromatic carbocycles. The minimum atomic E-state index is -0.127. The lowest BCUT2D eigenvalue weighted by molar-refractivity contribution is 0.350. The Labute approximate surface area is 121 Å². The lowest BCUT2D eigenvalue weighted by atomic mass is 10.4. The van der Waals surface area contributed by atoms with Gasteiger partial charge in [-0.25, -0.2) is 4.98 Å². The second-order valence-electron chi connectivity index (χ2n) is 4.08. The van der Waals surface area contributed by atoms with Gasteiger partial charge in [-0.05, 0) is 19.1 Å². The summed E-state index contributed by atoms with van der Waals surface area (Å²) in [7, 11) is 1.50. The first-order valence-electron chi connectivity index (χ1n) is 6.04. The van der Waals surface area contributed by atoms with E-state index < -0.39 is 0 Å². The molecular weight excluding hydrogens is 274 g/mol. The number of rotatable bonds is 3. The molecule has 0 saturated heterocycles. The zero-order valence-corrected chi connectivity index (χ0v) is 12.2. The Kier molecular flexibility index (Phi) is 4.56. The Morgan fingerprint density at radius 3 is 3.00 bits per heavy atom. The third-order valence-corrected chi connectivity index (χ3v) is 3.56. The molecule has 0 aliphatic carbocycles. The Balaban J connectivity index is 2.30. The zero-order chi connectivity index (χ0) is 14.5. The third kappa shape index (κ3) is 3.26. The van der Waals surface area contributed by atoms with E-state index in [1.165, 1.54) is 29.1 Å². The van der Waals surface area contributed by atoms with Crippen LogP contribution < -0.4 is 16.0 Å². The van der Waals surface area contributed by atoms with Gasteiger partial charge in [-0.15, -0.1) is 11.3 Å². The predicted molar refractivity (Wildman–Crippen MR) is 79.1 cm³/mol. The van der Waals surface area contributed by atoms with Crippen molar-refractivity contribution in [1.29, 1.82) is 0 Å². The number of methoxy groups -OCH3 is 1. The molecule has 6 heteroatoms. The SMILES string of the molecule is COc1nc(C)cc(=O)n1Cc1ccc(C#CCN)s1. The highest BCUT2D eigenvalue weighted by Gasteiger charge is 2.09. The largest absolute Gasteiger partial charge is 0.468 e. The number of hydrogen-bond donors (Lipinski definition) is 1. The quantitative estimate of drug-likeness (QED) is 0.855. The molecule has 20 heavy (non-hydrogen) atoms. The number of aromatic nitrogens is 2. The van der Waals surface area contributed by atoms with Crippen molar-refractivity contribution in [2.75, 3.05) is 13.7 Å². The maximum absolute atomic E-state index is 12.0. The van der Waals surface area contributed by atoms with Gasteiger partial charge in [-0.3, -0.25) is 9.36 Å². The van der Waals surface area contributed by atoms with Crippen molar-refractivity contribution in [2.45, 2.75) is 13.5 Å². The van der Waals surface area contributed by atoms with Gasteiger partial charge in [0.15, 0.2) is 0 Å². The van der Waals surface area contributed by atoms with Crippen LogP contribution in [0.25, 0.3) is 0 Å². The molecule has 2 aromatic heterocycles. The van der Waals surface area contributed by atoms with Gasteiger partial charge in [-0.2, -0.15) is 0 Å². The van der Waals surface area contributed by atoms with Crippen molar-refractivity contribution in [2.24, 2.45) is 5.73 Å². The van der Waals surface area contributed by atoms with E-state index in [0.717, 1.165) is 9.75 Å². The van der Waals surface area contributed by atoms with E-state index in [-0.39, 0.29) is 5.56 Å². The number of nitrogens with two attached hydrogens (primary N) is 1. The molecular formula is C14H15N3O2S. The average molecular weight is 289 g/mol. The van der Waals surface area contributed by atoms with Gasteiger partial charge >= 0.3 is 0 Å². The number of thiophene rings is 1. The van der Waals surface area contributed by atoms with Gasteiger partial charge in [0.2, 0.25) is 0 Å². The third-order valence-electron chi connectivity index (χ3n) is 2.57. The summed E-state index contributed by atoms with van der Waals surface area (Å²) >= 11 is 1.53. The summed E-state index contributed by atoms with van der Waals surface area (Å²) in [5.74, 6) is 5.78. The van der Waals surface area contributed by atoms with Crippen LogP contribution in [-0.4, -0.2) is 23.2 Å². The smallest absolute Gasteiger partial charge is 0.299 e. The number of nitrogens with zero attached hydrogens (tertiary/aromatic N) is 2. The highest BCUT2D eigenvalue weighted by atomic mass is 32.1. The minimum absolute atomic E-state index is 0.127. The molecule has 0 saturated carbocycles. The van der Waals surface area contributed by atoms with E-state index in [1.807, 2.05) is 12.1 Å². The summed E-state index contributed by atoms with van der Waals surface area (Å²) in [5.41, 5.74) is 5.85. The first-order chi connectivity index (χ1) is 9.63. The van der Waals surface area contributed by atoms with Crippen LogP contribution in [0.1, 0.15) is 15.4 Å². The molecule has 0 amide bonds. The number of hydrogen-bond acceptors (Lipinski definition) is 5. The first-order valence-corrected chi connectivity index (χ1v) is 6.86. The van der Waals surface area contributed by atoms with Crippen molar-refractivity contribution in [3.63, 3.8) is 0 Å². The lowest BCUT2D eigenvalue weighted by Crippen LogP contribution is -2.22. The fourth-order valence-corrected chi connectivity index (χ4v) is 2.59. The molecule has 104 valence electrons. The maximum Gasteiger partial charge on any atom is 0.299 e. The fraction of sp³-hybridized carbons (Fsp3) is 0.286. The summed E-state index contributed by atoms with van der Waals surface area (Å²) in [6.45, 7) is 2.52.